The van der Waals surface area contributed by atoms with Gasteiger partial charge in [-0.2, -0.15) is 0 Å². The maximum Gasteiger partial charge on any atom is 0.408 e. The lowest BCUT2D eigenvalue weighted by molar-refractivity contribution is -0.126. The van der Waals surface area contributed by atoms with Crippen molar-refractivity contribution in [3.05, 3.63) is 35.9 Å². The first-order valence-corrected chi connectivity index (χ1v) is 9.45. The molecule has 3 N–H and O–H groups in total. The molecular formula is C20H29N3O5. The second kappa shape index (κ2) is 9.54. The van der Waals surface area contributed by atoms with Gasteiger partial charge in [0.25, 0.3) is 0 Å². The fraction of sp³-hybridized carbons (Fsp3) is 0.550. The Hall–Kier alpha value is -2.61. The average Bonchev–Trinajstić information content (AvgIpc) is 2.64. The Morgan fingerprint density at radius 1 is 1.29 bits per heavy atom. The second-order valence-electron chi connectivity index (χ2n) is 7.82. The zero-order valence-corrected chi connectivity index (χ0v) is 16.6. The average molecular weight is 391 g/mol. The number of ketones is 1. The van der Waals surface area contributed by atoms with E-state index in [1.54, 1.807) is 20.8 Å². The zero-order valence-electron chi connectivity index (χ0n) is 16.6. The van der Waals surface area contributed by atoms with Gasteiger partial charge in [-0.15, -0.1) is 0 Å². The monoisotopic (exact) mass is 391 g/mol. The molecule has 0 bridgehead atoms. The van der Waals surface area contributed by atoms with E-state index in [1.165, 1.54) is 0 Å². The summed E-state index contributed by atoms with van der Waals surface area (Å²) in [7, 11) is 0. The minimum atomic E-state index is -1.14. The van der Waals surface area contributed by atoms with E-state index in [0.29, 0.717) is 19.4 Å². The third-order valence-electron chi connectivity index (χ3n) is 4.42. The number of amides is 2. The van der Waals surface area contributed by atoms with E-state index in [4.69, 9.17) is 4.74 Å². The normalized spacial score (nSPS) is 18.2. The summed E-state index contributed by atoms with van der Waals surface area (Å²) in [5.41, 5.74) is 0.333. The zero-order chi connectivity index (χ0) is 20.7. The van der Waals surface area contributed by atoms with Gasteiger partial charge < -0.3 is 20.5 Å². The Morgan fingerprint density at radius 2 is 1.96 bits per heavy atom. The third-order valence-corrected chi connectivity index (χ3v) is 4.42. The standard InChI is InChI=1S/C20H29N3O5/c1-20(2,3)28-18(25)22-15(10-9-14-7-5-4-6-8-14)17(24)16-13-21-11-12-23(16)19(26)27/h4-8,15-16,21H,9-13H2,1-3H3,(H,22,25)(H,26,27)/t15-,16-/m0/s1. The molecule has 28 heavy (non-hydrogen) atoms. The molecular weight excluding hydrogens is 362 g/mol. The number of ether oxygens (including phenoxy) is 1. The largest absolute Gasteiger partial charge is 0.465 e. The highest BCUT2D eigenvalue weighted by Crippen LogP contribution is 2.14. The summed E-state index contributed by atoms with van der Waals surface area (Å²) in [5.74, 6) is -0.337. The van der Waals surface area contributed by atoms with Crippen molar-refractivity contribution in [3.63, 3.8) is 0 Å². The van der Waals surface area contributed by atoms with Gasteiger partial charge in [0.1, 0.15) is 11.6 Å². The number of Topliss-reactive ketones (excluding diaryl/α,β-unsaturated/α-hetero) is 1. The van der Waals surface area contributed by atoms with Gasteiger partial charge in [0.2, 0.25) is 0 Å². The predicted octanol–water partition coefficient (Wildman–Crippen LogP) is 2.03. The van der Waals surface area contributed by atoms with E-state index in [2.05, 4.69) is 10.6 Å². The highest BCUT2D eigenvalue weighted by molar-refractivity contribution is 5.93. The van der Waals surface area contributed by atoms with E-state index in [0.717, 1.165) is 10.5 Å². The van der Waals surface area contributed by atoms with Crippen molar-refractivity contribution in [1.82, 2.24) is 15.5 Å². The number of alkyl carbamates (subject to hydrolysis) is 1. The van der Waals surface area contributed by atoms with Crippen molar-refractivity contribution in [2.75, 3.05) is 19.6 Å². The lowest BCUT2D eigenvalue weighted by Gasteiger charge is -2.35. The molecule has 2 rings (SSSR count). The van der Waals surface area contributed by atoms with Crippen molar-refractivity contribution < 1.29 is 24.2 Å². The molecule has 0 unspecified atom stereocenters. The van der Waals surface area contributed by atoms with Gasteiger partial charge in [-0.25, -0.2) is 9.59 Å². The van der Waals surface area contributed by atoms with E-state index in [9.17, 15) is 19.5 Å². The SMILES string of the molecule is CC(C)(C)OC(=O)N[C@@H](CCc1ccccc1)C(=O)[C@@H]1CNCCN1C(=O)O. The summed E-state index contributed by atoms with van der Waals surface area (Å²) in [4.78, 5) is 38.0. The minimum absolute atomic E-state index is 0.225. The lowest BCUT2D eigenvalue weighted by Crippen LogP contribution is -2.60. The Labute approximate surface area is 165 Å². The van der Waals surface area contributed by atoms with E-state index >= 15 is 0 Å². The quantitative estimate of drug-likeness (QED) is 0.685. The van der Waals surface area contributed by atoms with Crippen LogP contribution in [0.1, 0.15) is 32.8 Å². The number of carbonyl (C=O) groups is 3. The van der Waals surface area contributed by atoms with Gasteiger partial charge in [0.05, 0.1) is 6.04 Å². The van der Waals surface area contributed by atoms with Crippen LogP contribution >= 0.6 is 0 Å². The number of benzene rings is 1. The highest BCUT2D eigenvalue weighted by Gasteiger charge is 2.36. The number of aryl methyl sites for hydroxylation is 1. The summed E-state index contributed by atoms with van der Waals surface area (Å²) in [6.45, 7) is 6.16. The summed E-state index contributed by atoms with van der Waals surface area (Å²) in [6, 6.07) is 7.92. The van der Waals surface area contributed by atoms with Crippen molar-refractivity contribution in [1.29, 1.82) is 0 Å². The number of hydrogen-bond donors (Lipinski definition) is 3. The first-order chi connectivity index (χ1) is 13.2. The van der Waals surface area contributed by atoms with Crippen molar-refractivity contribution in [3.8, 4) is 0 Å². The van der Waals surface area contributed by atoms with Crippen LogP contribution in [0, 0.1) is 0 Å². The molecule has 0 radical (unpaired) electrons. The molecule has 0 aliphatic carbocycles. The van der Waals surface area contributed by atoms with Gasteiger partial charge >= 0.3 is 12.2 Å². The Kier molecular flexibility index (Phi) is 7.39. The molecule has 8 heteroatoms. The number of carboxylic acid groups (broad SMARTS) is 1. The maximum absolute atomic E-state index is 13.1. The van der Waals surface area contributed by atoms with Crippen LogP contribution in [0.3, 0.4) is 0 Å². The molecule has 1 aromatic rings. The van der Waals surface area contributed by atoms with Crippen LogP contribution in [0.4, 0.5) is 9.59 Å². The predicted molar refractivity (Wildman–Crippen MR) is 104 cm³/mol. The van der Waals surface area contributed by atoms with Crippen LogP contribution in [-0.4, -0.2) is 65.3 Å². The fourth-order valence-electron chi connectivity index (χ4n) is 3.11. The van der Waals surface area contributed by atoms with Gasteiger partial charge in [-0.3, -0.25) is 9.69 Å². The summed E-state index contributed by atoms with van der Waals surface area (Å²) >= 11 is 0. The molecule has 8 nitrogen and oxygen atoms in total. The van der Waals surface area contributed by atoms with Gasteiger partial charge in [-0.05, 0) is 39.2 Å². The van der Waals surface area contributed by atoms with Crippen molar-refractivity contribution >= 4 is 18.0 Å². The molecule has 1 fully saturated rings. The number of nitrogens with one attached hydrogen (secondary N) is 2. The number of piperazine rings is 1. The van der Waals surface area contributed by atoms with Gasteiger partial charge in [0.15, 0.2) is 5.78 Å². The van der Waals surface area contributed by atoms with Crippen LogP contribution in [0.5, 0.6) is 0 Å². The molecule has 1 aliphatic rings. The van der Waals surface area contributed by atoms with E-state index in [-0.39, 0.29) is 18.9 Å². The minimum Gasteiger partial charge on any atom is -0.465 e. The lowest BCUT2D eigenvalue weighted by atomic mass is 9.96. The molecule has 0 aromatic heterocycles. The number of hydrogen-bond acceptors (Lipinski definition) is 5. The second-order valence-corrected chi connectivity index (χ2v) is 7.82. The highest BCUT2D eigenvalue weighted by atomic mass is 16.6. The first kappa shape index (κ1) is 21.7. The van der Waals surface area contributed by atoms with Crippen LogP contribution in [0.15, 0.2) is 30.3 Å². The Morgan fingerprint density at radius 3 is 2.57 bits per heavy atom. The Bertz CT molecular complexity index is 687. The molecule has 154 valence electrons. The van der Waals surface area contributed by atoms with Crippen molar-refractivity contribution in [2.45, 2.75) is 51.3 Å². The molecule has 2 atom stereocenters. The molecule has 1 heterocycles. The van der Waals surface area contributed by atoms with Gasteiger partial charge in [-0.1, -0.05) is 30.3 Å². The van der Waals surface area contributed by atoms with Crippen LogP contribution in [-0.2, 0) is 16.0 Å². The van der Waals surface area contributed by atoms with Crippen LogP contribution in [0.25, 0.3) is 0 Å². The van der Waals surface area contributed by atoms with Crippen LogP contribution < -0.4 is 10.6 Å². The number of carbonyl (C=O) groups excluding carboxylic acids is 2. The Balaban J connectivity index is 2.14. The molecule has 1 aromatic carbocycles. The number of rotatable bonds is 6. The summed E-state index contributed by atoms with van der Waals surface area (Å²) in [5, 5.41) is 15.1. The molecule has 2 amide bonds. The number of nitrogens with zero attached hydrogens (tertiary/aromatic N) is 1. The molecule has 1 saturated heterocycles. The van der Waals surface area contributed by atoms with E-state index < -0.39 is 29.9 Å². The topological polar surface area (TPSA) is 108 Å². The summed E-state index contributed by atoms with van der Waals surface area (Å²) in [6.07, 6.45) is -0.907. The third kappa shape index (κ3) is 6.53. The van der Waals surface area contributed by atoms with E-state index in [1.807, 2.05) is 30.3 Å². The fourth-order valence-corrected chi connectivity index (χ4v) is 3.11. The van der Waals surface area contributed by atoms with Gasteiger partial charge in [0, 0.05) is 19.6 Å². The smallest absolute Gasteiger partial charge is 0.408 e. The molecule has 0 spiro atoms. The molecule has 1 aliphatic heterocycles. The molecule has 0 saturated carbocycles. The maximum atomic E-state index is 13.1. The van der Waals surface area contributed by atoms with Crippen LogP contribution in [0.2, 0.25) is 0 Å². The van der Waals surface area contributed by atoms with Crippen molar-refractivity contribution in [2.24, 2.45) is 0 Å². The summed E-state index contributed by atoms with van der Waals surface area (Å²) < 4.78 is 5.28. The first-order valence-electron chi connectivity index (χ1n) is 9.45.